The second-order valence-corrected chi connectivity index (χ2v) is 3.93. The Hall–Kier alpha value is -2.33. The standard InChI is InChI=1S/C15H15NO3/c1-18-15(17)11-6-8-13(9-7-11)19-14-5-3-2-4-12(14)10-16/h2-9H,10,16H2,1H3. The number of methoxy groups -OCH3 is 1. The molecule has 19 heavy (non-hydrogen) atoms. The molecular weight excluding hydrogens is 242 g/mol. The number of para-hydroxylation sites is 1. The largest absolute Gasteiger partial charge is 0.465 e. The molecule has 0 bridgehead atoms. The summed E-state index contributed by atoms with van der Waals surface area (Å²) in [6.07, 6.45) is 0. The molecule has 0 aromatic heterocycles. The third-order valence-electron chi connectivity index (χ3n) is 2.70. The van der Waals surface area contributed by atoms with Crippen LogP contribution in [0.2, 0.25) is 0 Å². The Morgan fingerprint density at radius 3 is 2.42 bits per heavy atom. The van der Waals surface area contributed by atoms with Gasteiger partial charge in [0.1, 0.15) is 11.5 Å². The van der Waals surface area contributed by atoms with Crippen LogP contribution >= 0.6 is 0 Å². The number of nitrogens with two attached hydrogens (primary N) is 1. The molecule has 0 unspecified atom stereocenters. The molecule has 0 saturated carbocycles. The molecule has 2 aromatic carbocycles. The molecule has 0 aliphatic heterocycles. The van der Waals surface area contributed by atoms with E-state index in [1.165, 1.54) is 7.11 Å². The lowest BCUT2D eigenvalue weighted by Gasteiger charge is -2.10. The first kappa shape index (κ1) is 13.1. The number of rotatable bonds is 4. The van der Waals surface area contributed by atoms with Crippen LogP contribution in [0.3, 0.4) is 0 Å². The smallest absolute Gasteiger partial charge is 0.337 e. The summed E-state index contributed by atoms with van der Waals surface area (Å²) in [6.45, 7) is 0.413. The van der Waals surface area contributed by atoms with Crippen molar-refractivity contribution >= 4 is 5.97 Å². The van der Waals surface area contributed by atoms with Crippen LogP contribution in [0, 0.1) is 0 Å². The molecule has 98 valence electrons. The van der Waals surface area contributed by atoms with E-state index in [1.807, 2.05) is 24.3 Å². The maximum Gasteiger partial charge on any atom is 0.337 e. The number of carbonyl (C=O) groups excluding carboxylic acids is 1. The SMILES string of the molecule is COC(=O)c1ccc(Oc2ccccc2CN)cc1. The maximum atomic E-state index is 11.3. The molecule has 0 aliphatic rings. The Labute approximate surface area is 111 Å². The van der Waals surface area contributed by atoms with Gasteiger partial charge in [0, 0.05) is 12.1 Å². The topological polar surface area (TPSA) is 61.5 Å². The Morgan fingerprint density at radius 1 is 1.11 bits per heavy atom. The Kier molecular flexibility index (Phi) is 4.15. The maximum absolute atomic E-state index is 11.3. The summed E-state index contributed by atoms with van der Waals surface area (Å²) in [5.74, 6) is 0.998. The summed E-state index contributed by atoms with van der Waals surface area (Å²) >= 11 is 0. The summed E-state index contributed by atoms with van der Waals surface area (Å²) in [5, 5.41) is 0. The van der Waals surface area contributed by atoms with E-state index in [-0.39, 0.29) is 5.97 Å². The lowest BCUT2D eigenvalue weighted by atomic mass is 10.2. The van der Waals surface area contributed by atoms with E-state index >= 15 is 0 Å². The highest BCUT2D eigenvalue weighted by molar-refractivity contribution is 5.89. The van der Waals surface area contributed by atoms with Crippen molar-refractivity contribution in [2.24, 2.45) is 5.73 Å². The van der Waals surface area contributed by atoms with E-state index in [2.05, 4.69) is 4.74 Å². The molecule has 0 fully saturated rings. The van der Waals surface area contributed by atoms with Gasteiger partial charge < -0.3 is 15.2 Å². The van der Waals surface area contributed by atoms with Gasteiger partial charge in [0.25, 0.3) is 0 Å². The lowest BCUT2D eigenvalue weighted by molar-refractivity contribution is 0.0600. The summed E-state index contributed by atoms with van der Waals surface area (Å²) < 4.78 is 10.4. The average Bonchev–Trinajstić information content (AvgIpc) is 2.48. The van der Waals surface area contributed by atoms with Crippen LogP contribution < -0.4 is 10.5 Å². The van der Waals surface area contributed by atoms with Gasteiger partial charge in [0.2, 0.25) is 0 Å². The van der Waals surface area contributed by atoms with E-state index in [0.29, 0.717) is 17.9 Å². The number of hydrogen-bond acceptors (Lipinski definition) is 4. The van der Waals surface area contributed by atoms with Gasteiger partial charge in [-0.25, -0.2) is 4.79 Å². The number of hydrogen-bond donors (Lipinski definition) is 1. The van der Waals surface area contributed by atoms with Gasteiger partial charge in [0.05, 0.1) is 12.7 Å². The van der Waals surface area contributed by atoms with Crippen LogP contribution in [0.15, 0.2) is 48.5 Å². The van der Waals surface area contributed by atoms with Crippen LogP contribution in [-0.4, -0.2) is 13.1 Å². The molecule has 0 saturated heterocycles. The highest BCUT2D eigenvalue weighted by atomic mass is 16.5. The van der Waals surface area contributed by atoms with Crippen molar-refractivity contribution in [3.05, 3.63) is 59.7 Å². The predicted molar refractivity (Wildman–Crippen MR) is 72.2 cm³/mol. The molecule has 0 spiro atoms. The summed E-state index contributed by atoms with van der Waals surface area (Å²) in [5.41, 5.74) is 7.06. The zero-order valence-electron chi connectivity index (χ0n) is 10.6. The number of benzene rings is 2. The first-order valence-corrected chi connectivity index (χ1v) is 5.89. The number of esters is 1. The van der Waals surface area contributed by atoms with Gasteiger partial charge in [-0.1, -0.05) is 18.2 Å². The molecule has 2 rings (SSSR count). The summed E-state index contributed by atoms with van der Waals surface area (Å²) in [7, 11) is 1.35. The van der Waals surface area contributed by atoms with Crippen molar-refractivity contribution in [2.75, 3.05) is 7.11 Å². The van der Waals surface area contributed by atoms with Crippen LogP contribution in [-0.2, 0) is 11.3 Å². The molecule has 0 atom stereocenters. The van der Waals surface area contributed by atoms with Gasteiger partial charge in [0.15, 0.2) is 0 Å². The first-order valence-electron chi connectivity index (χ1n) is 5.89. The number of carbonyl (C=O) groups is 1. The van der Waals surface area contributed by atoms with E-state index in [9.17, 15) is 4.79 Å². The number of ether oxygens (including phenoxy) is 2. The van der Waals surface area contributed by atoms with Gasteiger partial charge >= 0.3 is 5.97 Å². The highest BCUT2D eigenvalue weighted by Crippen LogP contribution is 2.25. The van der Waals surface area contributed by atoms with E-state index in [4.69, 9.17) is 10.5 Å². The molecule has 4 heteroatoms. The molecule has 4 nitrogen and oxygen atoms in total. The van der Waals surface area contributed by atoms with Crippen LogP contribution in [0.4, 0.5) is 0 Å². The second-order valence-electron chi connectivity index (χ2n) is 3.93. The van der Waals surface area contributed by atoms with Crippen LogP contribution in [0.1, 0.15) is 15.9 Å². The van der Waals surface area contributed by atoms with Crippen LogP contribution in [0.5, 0.6) is 11.5 Å². The van der Waals surface area contributed by atoms with E-state index in [0.717, 1.165) is 11.3 Å². The van der Waals surface area contributed by atoms with Crippen molar-refractivity contribution < 1.29 is 14.3 Å². The zero-order chi connectivity index (χ0) is 13.7. The molecule has 0 aliphatic carbocycles. The average molecular weight is 257 g/mol. The lowest BCUT2D eigenvalue weighted by Crippen LogP contribution is -2.01. The minimum atomic E-state index is -0.367. The van der Waals surface area contributed by atoms with Gasteiger partial charge in [-0.05, 0) is 30.3 Å². The zero-order valence-corrected chi connectivity index (χ0v) is 10.6. The Morgan fingerprint density at radius 2 is 1.79 bits per heavy atom. The van der Waals surface area contributed by atoms with Crippen molar-refractivity contribution in [3.63, 3.8) is 0 Å². The fraction of sp³-hybridized carbons (Fsp3) is 0.133. The van der Waals surface area contributed by atoms with E-state index in [1.54, 1.807) is 24.3 Å². The predicted octanol–water partition coefficient (Wildman–Crippen LogP) is 2.72. The monoisotopic (exact) mass is 257 g/mol. The van der Waals surface area contributed by atoms with Crippen molar-refractivity contribution in [3.8, 4) is 11.5 Å². The molecule has 0 heterocycles. The fourth-order valence-electron chi connectivity index (χ4n) is 1.68. The van der Waals surface area contributed by atoms with E-state index < -0.39 is 0 Å². The minimum absolute atomic E-state index is 0.367. The minimum Gasteiger partial charge on any atom is -0.465 e. The Balaban J connectivity index is 2.17. The molecule has 0 radical (unpaired) electrons. The third-order valence-corrected chi connectivity index (χ3v) is 2.70. The molecular formula is C15H15NO3. The van der Waals surface area contributed by atoms with Crippen LogP contribution in [0.25, 0.3) is 0 Å². The Bertz CT molecular complexity index is 564. The van der Waals surface area contributed by atoms with Gasteiger partial charge in [-0.15, -0.1) is 0 Å². The first-order chi connectivity index (χ1) is 9.24. The van der Waals surface area contributed by atoms with Crippen molar-refractivity contribution in [1.82, 2.24) is 0 Å². The molecule has 2 aromatic rings. The molecule has 0 amide bonds. The second kappa shape index (κ2) is 6.02. The van der Waals surface area contributed by atoms with Gasteiger partial charge in [-0.3, -0.25) is 0 Å². The van der Waals surface area contributed by atoms with Gasteiger partial charge in [-0.2, -0.15) is 0 Å². The quantitative estimate of drug-likeness (QED) is 0.855. The van der Waals surface area contributed by atoms with Crippen molar-refractivity contribution in [1.29, 1.82) is 0 Å². The summed E-state index contributed by atoms with van der Waals surface area (Å²) in [6, 6.07) is 14.3. The highest BCUT2D eigenvalue weighted by Gasteiger charge is 2.06. The molecule has 2 N–H and O–H groups in total. The normalized spacial score (nSPS) is 10.0. The third kappa shape index (κ3) is 3.11. The fourth-order valence-corrected chi connectivity index (χ4v) is 1.68. The van der Waals surface area contributed by atoms with Crippen molar-refractivity contribution in [2.45, 2.75) is 6.54 Å². The summed E-state index contributed by atoms with van der Waals surface area (Å²) in [4.78, 5) is 11.3.